The van der Waals surface area contributed by atoms with Crippen LogP contribution in [0.25, 0.3) is 10.4 Å². The Morgan fingerprint density at radius 2 is 1.78 bits per heavy atom. The zero-order valence-electron chi connectivity index (χ0n) is 18.8. The molecule has 2 aromatic heterocycles. The van der Waals surface area contributed by atoms with Crippen LogP contribution in [0.5, 0.6) is 0 Å². The molecule has 0 aliphatic heterocycles. The minimum absolute atomic E-state index is 0.0857. The lowest BCUT2D eigenvalue weighted by molar-refractivity contribution is -0.137. The molecule has 0 saturated heterocycles. The fraction of sp³-hybridized carbons (Fsp3) is 0.217. The molecule has 0 atom stereocenters. The van der Waals surface area contributed by atoms with E-state index in [0.29, 0.717) is 22.1 Å². The average Bonchev–Trinajstić information content (AvgIpc) is 3.27. The first kappa shape index (κ1) is 27.4. The first-order valence-corrected chi connectivity index (χ1v) is 12.7. The van der Waals surface area contributed by atoms with Gasteiger partial charge in [-0.1, -0.05) is 19.1 Å². The van der Waals surface area contributed by atoms with Gasteiger partial charge in [-0.05, 0) is 48.9 Å². The first-order chi connectivity index (χ1) is 16.6. The van der Waals surface area contributed by atoms with Crippen LogP contribution in [0.3, 0.4) is 0 Å². The normalized spacial score (nSPS) is 13.8. The van der Waals surface area contributed by atoms with Gasteiger partial charge in [0.25, 0.3) is 0 Å². The summed E-state index contributed by atoms with van der Waals surface area (Å²) >= 11 is 0.938. The highest BCUT2D eigenvalue weighted by Gasteiger charge is 2.34. The number of thiophene rings is 1. The molecule has 36 heavy (non-hydrogen) atoms. The predicted molar refractivity (Wildman–Crippen MR) is 126 cm³/mol. The van der Waals surface area contributed by atoms with E-state index < -0.39 is 44.8 Å². The summed E-state index contributed by atoms with van der Waals surface area (Å²) in [6.07, 6.45) is -7.93. The van der Waals surface area contributed by atoms with E-state index in [1.54, 1.807) is 13.0 Å². The Labute approximate surface area is 206 Å². The number of benzene rings is 1. The van der Waals surface area contributed by atoms with Crippen molar-refractivity contribution < 1.29 is 34.8 Å². The van der Waals surface area contributed by atoms with E-state index in [1.165, 1.54) is 31.3 Å². The van der Waals surface area contributed by atoms with Crippen molar-refractivity contribution >= 4 is 32.6 Å². The van der Waals surface area contributed by atoms with Crippen LogP contribution in [0.2, 0.25) is 0 Å². The van der Waals surface area contributed by atoms with Crippen molar-refractivity contribution in [3.8, 4) is 10.4 Å². The summed E-state index contributed by atoms with van der Waals surface area (Å²) in [5.74, 6) is -0.143. The van der Waals surface area contributed by atoms with Crippen LogP contribution in [0.4, 0.5) is 32.0 Å². The second-order valence-corrected chi connectivity index (χ2v) is 10.8. The Bertz CT molecular complexity index is 1440. The van der Waals surface area contributed by atoms with Crippen molar-refractivity contribution in [2.45, 2.75) is 31.2 Å². The smallest absolute Gasteiger partial charge is 0.395 e. The quantitative estimate of drug-likeness (QED) is 0.284. The molecule has 1 aromatic carbocycles. The molecule has 0 aliphatic carbocycles. The summed E-state index contributed by atoms with van der Waals surface area (Å²) in [5.41, 5.74) is 2.34. The Morgan fingerprint density at radius 1 is 1.11 bits per heavy atom. The molecule has 2 heterocycles. The SMILES string of the molecule is CCS(=O)(=O)c1ncc(-c2ccc(C(C=C(N)C(F)(F)F)=Nc3ccccc3C(F)(F)F)s2)cc1C. The number of allylic oxidation sites excluding steroid dienone is 2. The van der Waals surface area contributed by atoms with Gasteiger partial charge in [0, 0.05) is 16.6 Å². The van der Waals surface area contributed by atoms with Crippen LogP contribution in [0.1, 0.15) is 22.9 Å². The Balaban J connectivity index is 2.14. The maximum atomic E-state index is 13.4. The predicted octanol–water partition coefficient (Wildman–Crippen LogP) is 6.46. The number of aryl methyl sites for hydroxylation is 1. The molecule has 0 spiro atoms. The minimum atomic E-state index is -4.92. The van der Waals surface area contributed by atoms with Gasteiger partial charge in [0.15, 0.2) is 14.9 Å². The number of nitrogens with zero attached hydrogens (tertiary/aromatic N) is 2. The van der Waals surface area contributed by atoms with Crippen LogP contribution in [-0.2, 0) is 16.0 Å². The van der Waals surface area contributed by atoms with Gasteiger partial charge in [-0.15, -0.1) is 11.3 Å². The van der Waals surface area contributed by atoms with Gasteiger partial charge in [0.1, 0.15) is 5.70 Å². The molecule has 3 rings (SSSR count). The number of halogens is 6. The number of pyridine rings is 1. The van der Waals surface area contributed by atoms with Crippen molar-refractivity contribution in [3.05, 3.63) is 76.4 Å². The highest BCUT2D eigenvalue weighted by atomic mass is 32.2. The van der Waals surface area contributed by atoms with Gasteiger partial charge in [-0.3, -0.25) is 0 Å². The Morgan fingerprint density at radius 3 is 2.36 bits per heavy atom. The van der Waals surface area contributed by atoms with Gasteiger partial charge in [-0.2, -0.15) is 26.3 Å². The molecule has 3 aromatic rings. The van der Waals surface area contributed by atoms with Gasteiger partial charge < -0.3 is 5.73 Å². The number of sulfone groups is 1. The van der Waals surface area contributed by atoms with Crippen LogP contribution < -0.4 is 5.73 Å². The van der Waals surface area contributed by atoms with Gasteiger partial charge in [0.2, 0.25) is 0 Å². The van der Waals surface area contributed by atoms with Gasteiger partial charge in [0.05, 0.1) is 27.6 Å². The number of aliphatic imine (C=N–C) groups is 1. The maximum Gasteiger partial charge on any atom is 0.430 e. The summed E-state index contributed by atoms with van der Waals surface area (Å²) in [4.78, 5) is 8.50. The second kappa shape index (κ2) is 10.1. The van der Waals surface area contributed by atoms with E-state index in [4.69, 9.17) is 5.73 Å². The number of nitrogens with two attached hydrogens (primary N) is 1. The monoisotopic (exact) mass is 547 g/mol. The van der Waals surface area contributed by atoms with Crippen LogP contribution in [0.15, 0.2) is 70.5 Å². The third kappa shape index (κ3) is 6.13. The summed E-state index contributed by atoms with van der Waals surface area (Å²) < 4.78 is 104. The zero-order chi connectivity index (χ0) is 26.9. The third-order valence-corrected chi connectivity index (χ3v) is 7.85. The van der Waals surface area contributed by atoms with Gasteiger partial charge >= 0.3 is 12.4 Å². The van der Waals surface area contributed by atoms with E-state index in [2.05, 4.69) is 9.98 Å². The summed E-state index contributed by atoms with van der Waals surface area (Å²) in [6, 6.07) is 8.70. The van der Waals surface area contributed by atoms with Crippen molar-refractivity contribution in [2.75, 3.05) is 5.75 Å². The lowest BCUT2D eigenvalue weighted by Gasteiger charge is -2.11. The molecule has 2 N–H and O–H groups in total. The van der Waals surface area contributed by atoms with E-state index in [1.807, 2.05) is 0 Å². The zero-order valence-corrected chi connectivity index (χ0v) is 20.4. The average molecular weight is 548 g/mol. The molecule has 5 nitrogen and oxygen atoms in total. The standard InChI is InChI=1S/C23H19F6N3O2S2/c1-3-36(33,34)21-13(2)10-14(12-31-21)18-8-9-19(35-18)17(11-20(30)23(27,28)29)32-16-7-5-4-6-15(16)22(24,25)26/h4-12H,3,30H2,1-2H3. The number of alkyl halides is 6. The lowest BCUT2D eigenvalue weighted by Crippen LogP contribution is -2.20. The van der Waals surface area contributed by atoms with Crippen molar-refractivity contribution in [1.29, 1.82) is 0 Å². The Hall–Kier alpha value is -3.19. The molecule has 13 heteroatoms. The molecule has 0 aliphatic rings. The molecule has 0 saturated carbocycles. The number of rotatable bonds is 6. The molecule has 192 valence electrons. The topological polar surface area (TPSA) is 85.4 Å². The van der Waals surface area contributed by atoms with Crippen molar-refractivity contribution in [3.63, 3.8) is 0 Å². The fourth-order valence-corrected chi connectivity index (χ4v) is 5.10. The van der Waals surface area contributed by atoms with Gasteiger partial charge in [-0.25, -0.2) is 18.4 Å². The van der Waals surface area contributed by atoms with E-state index in [9.17, 15) is 34.8 Å². The van der Waals surface area contributed by atoms with Crippen molar-refractivity contribution in [2.24, 2.45) is 10.7 Å². The second-order valence-electron chi connectivity index (χ2n) is 7.52. The lowest BCUT2D eigenvalue weighted by atomic mass is 10.1. The fourth-order valence-electron chi connectivity index (χ4n) is 3.12. The number of para-hydroxylation sites is 1. The minimum Gasteiger partial charge on any atom is -0.395 e. The van der Waals surface area contributed by atoms with E-state index >= 15 is 0 Å². The largest absolute Gasteiger partial charge is 0.430 e. The highest BCUT2D eigenvalue weighted by Crippen LogP contribution is 2.37. The number of hydrogen-bond acceptors (Lipinski definition) is 6. The molecule has 0 fully saturated rings. The Kier molecular flexibility index (Phi) is 7.65. The van der Waals surface area contributed by atoms with E-state index in [-0.39, 0.29) is 15.7 Å². The summed E-state index contributed by atoms with van der Waals surface area (Å²) in [6.45, 7) is 3.04. The molecular formula is C23H19F6N3O2S2. The van der Waals surface area contributed by atoms with Crippen LogP contribution in [0, 0.1) is 6.92 Å². The molecular weight excluding hydrogens is 528 g/mol. The van der Waals surface area contributed by atoms with Crippen LogP contribution in [-0.4, -0.2) is 31.0 Å². The van der Waals surface area contributed by atoms with Crippen LogP contribution >= 0.6 is 11.3 Å². The van der Waals surface area contributed by atoms with Crippen molar-refractivity contribution in [1.82, 2.24) is 4.98 Å². The number of aromatic nitrogens is 1. The highest BCUT2D eigenvalue weighted by molar-refractivity contribution is 7.91. The summed E-state index contributed by atoms with van der Waals surface area (Å²) in [7, 11) is -3.56. The first-order valence-electron chi connectivity index (χ1n) is 10.2. The van der Waals surface area contributed by atoms with E-state index in [0.717, 1.165) is 29.5 Å². The summed E-state index contributed by atoms with van der Waals surface area (Å²) in [5, 5.41) is -0.0857. The third-order valence-electron chi connectivity index (χ3n) is 4.92. The molecule has 0 bridgehead atoms. The molecule has 0 amide bonds. The molecule has 0 radical (unpaired) electrons. The molecule has 0 unspecified atom stereocenters. The maximum absolute atomic E-state index is 13.4. The number of hydrogen-bond donors (Lipinski definition) is 1.